The van der Waals surface area contributed by atoms with Crippen LogP contribution in [0.5, 0.6) is 0 Å². The molecule has 1 amide bonds. The molecular formula is C34H39FN8O2. The van der Waals surface area contributed by atoms with Crippen LogP contribution in [0.4, 0.5) is 21.7 Å². The molecule has 1 fully saturated rings. The molecule has 0 atom stereocenters. The second-order valence-corrected chi connectivity index (χ2v) is 11.3. The fourth-order valence-electron chi connectivity index (χ4n) is 4.94. The number of carbonyl (C=O) groups is 1. The number of ether oxygens (including phenoxy) is 1. The van der Waals surface area contributed by atoms with Gasteiger partial charge in [-0.05, 0) is 57.1 Å². The lowest BCUT2D eigenvalue weighted by Crippen LogP contribution is -2.44. The molecule has 45 heavy (non-hydrogen) atoms. The highest BCUT2D eigenvalue weighted by Crippen LogP contribution is 2.20. The lowest BCUT2D eigenvalue weighted by molar-refractivity contribution is 0.102. The number of methoxy groups -OCH3 is 1. The van der Waals surface area contributed by atoms with Gasteiger partial charge in [0, 0.05) is 94.0 Å². The number of anilines is 3. The van der Waals surface area contributed by atoms with Crippen molar-refractivity contribution in [2.24, 2.45) is 0 Å². The van der Waals surface area contributed by atoms with Gasteiger partial charge in [0.2, 0.25) is 5.95 Å². The summed E-state index contributed by atoms with van der Waals surface area (Å²) in [5, 5.41) is 10.5. The van der Waals surface area contributed by atoms with Gasteiger partial charge in [0.05, 0.1) is 16.9 Å². The van der Waals surface area contributed by atoms with Crippen molar-refractivity contribution in [2.75, 3.05) is 57.6 Å². The zero-order valence-corrected chi connectivity index (χ0v) is 26.2. The number of piperazine rings is 1. The molecule has 1 aliphatic rings. The Morgan fingerprint density at radius 2 is 1.82 bits per heavy atom. The Morgan fingerprint density at radius 3 is 2.56 bits per heavy atom. The van der Waals surface area contributed by atoms with Gasteiger partial charge in [0.25, 0.3) is 5.91 Å². The quantitative estimate of drug-likeness (QED) is 0.199. The Balaban J connectivity index is 1.20. The zero-order valence-electron chi connectivity index (χ0n) is 26.2. The molecule has 0 bridgehead atoms. The van der Waals surface area contributed by atoms with E-state index in [-0.39, 0.29) is 11.7 Å². The first-order valence-electron chi connectivity index (χ1n) is 15.0. The Bertz CT molecular complexity index is 1680. The minimum absolute atomic E-state index is 0.325. The average molecular weight is 611 g/mol. The number of likely N-dealkylation sites (N-methyl/N-ethyl adjacent to an activating group) is 1. The standard InChI is InChI=1S/C34H39FN8O2/c1-24-6-8-28(33(44)38-30-11-10-29(31(35)19-30)22-42-15-13-41(3)14-16-42)18-27(24)9-7-26-20-36-34(37-21-26)39-32-23-43(40-25(32)2)12-5-17-45-4/h6,8,10-11,18-21,23H,5,12-17,22H2,1-4H3,(H,38,44)(H,36,37,39). The van der Waals surface area contributed by atoms with Crippen molar-refractivity contribution >= 4 is 23.2 Å². The van der Waals surface area contributed by atoms with Crippen molar-refractivity contribution in [1.82, 2.24) is 29.5 Å². The number of rotatable bonds is 10. The molecule has 3 heterocycles. The van der Waals surface area contributed by atoms with E-state index in [1.165, 1.54) is 6.07 Å². The van der Waals surface area contributed by atoms with Crippen LogP contribution >= 0.6 is 0 Å². The molecule has 0 aliphatic carbocycles. The van der Waals surface area contributed by atoms with E-state index in [1.807, 2.05) is 30.8 Å². The molecule has 0 spiro atoms. The number of halogens is 1. The number of benzene rings is 2. The lowest BCUT2D eigenvalue weighted by Gasteiger charge is -2.32. The van der Waals surface area contributed by atoms with E-state index in [4.69, 9.17) is 4.74 Å². The van der Waals surface area contributed by atoms with Crippen LogP contribution in [0.25, 0.3) is 0 Å². The van der Waals surface area contributed by atoms with Crippen molar-refractivity contribution in [1.29, 1.82) is 0 Å². The predicted molar refractivity (Wildman–Crippen MR) is 173 cm³/mol. The van der Waals surface area contributed by atoms with Gasteiger partial charge in [-0.25, -0.2) is 14.4 Å². The van der Waals surface area contributed by atoms with E-state index in [9.17, 15) is 9.18 Å². The van der Waals surface area contributed by atoms with Gasteiger partial charge in [-0.1, -0.05) is 24.0 Å². The van der Waals surface area contributed by atoms with E-state index < -0.39 is 0 Å². The summed E-state index contributed by atoms with van der Waals surface area (Å²) in [6.45, 7) is 9.61. The van der Waals surface area contributed by atoms with Crippen molar-refractivity contribution < 1.29 is 13.9 Å². The second-order valence-electron chi connectivity index (χ2n) is 11.3. The molecule has 1 saturated heterocycles. The highest BCUT2D eigenvalue weighted by molar-refractivity contribution is 6.04. The molecule has 0 saturated carbocycles. The number of carbonyl (C=O) groups excluding carboxylic acids is 1. The zero-order chi connectivity index (χ0) is 31.8. The van der Waals surface area contributed by atoms with E-state index >= 15 is 0 Å². The van der Waals surface area contributed by atoms with Crippen LogP contribution in [0.2, 0.25) is 0 Å². The summed E-state index contributed by atoms with van der Waals surface area (Å²) in [5.41, 5.74) is 5.41. The lowest BCUT2D eigenvalue weighted by atomic mass is 10.0. The summed E-state index contributed by atoms with van der Waals surface area (Å²) in [7, 11) is 3.78. The summed E-state index contributed by atoms with van der Waals surface area (Å²) in [6.07, 6.45) is 6.09. The maximum atomic E-state index is 14.9. The van der Waals surface area contributed by atoms with Gasteiger partial charge in [0.15, 0.2) is 0 Å². The van der Waals surface area contributed by atoms with Gasteiger partial charge < -0.3 is 20.3 Å². The number of nitrogens with zero attached hydrogens (tertiary/aromatic N) is 6. The predicted octanol–water partition coefficient (Wildman–Crippen LogP) is 4.61. The van der Waals surface area contributed by atoms with Crippen LogP contribution in [0.1, 0.15) is 44.7 Å². The summed E-state index contributed by atoms with van der Waals surface area (Å²) >= 11 is 0. The van der Waals surface area contributed by atoms with Crippen LogP contribution in [-0.4, -0.2) is 82.4 Å². The smallest absolute Gasteiger partial charge is 0.255 e. The normalized spacial score (nSPS) is 13.7. The molecule has 4 aromatic rings. The highest BCUT2D eigenvalue weighted by Gasteiger charge is 2.16. The van der Waals surface area contributed by atoms with E-state index in [0.717, 1.165) is 56.1 Å². The van der Waals surface area contributed by atoms with Crippen molar-refractivity contribution in [3.05, 3.63) is 94.3 Å². The summed E-state index contributed by atoms with van der Waals surface area (Å²) in [6, 6.07) is 10.2. The fraction of sp³-hybridized carbons (Fsp3) is 0.353. The first-order chi connectivity index (χ1) is 21.8. The monoisotopic (exact) mass is 610 g/mol. The van der Waals surface area contributed by atoms with Crippen LogP contribution in [-0.2, 0) is 17.8 Å². The summed E-state index contributed by atoms with van der Waals surface area (Å²) in [4.78, 5) is 26.3. The number of amides is 1. The summed E-state index contributed by atoms with van der Waals surface area (Å²) in [5.74, 6) is 6.00. The number of hydrogen-bond donors (Lipinski definition) is 2. The van der Waals surface area contributed by atoms with Crippen LogP contribution < -0.4 is 10.6 Å². The first kappa shape index (κ1) is 31.8. The molecule has 0 radical (unpaired) electrons. The maximum absolute atomic E-state index is 14.9. The molecule has 5 rings (SSSR count). The number of nitrogens with one attached hydrogen (secondary N) is 2. The largest absolute Gasteiger partial charge is 0.385 e. The second kappa shape index (κ2) is 14.9. The summed E-state index contributed by atoms with van der Waals surface area (Å²) < 4.78 is 21.9. The minimum Gasteiger partial charge on any atom is -0.385 e. The average Bonchev–Trinajstić information content (AvgIpc) is 3.38. The number of aryl methyl sites for hydroxylation is 3. The van der Waals surface area contributed by atoms with Gasteiger partial charge in [-0.15, -0.1) is 0 Å². The number of hydrogen-bond acceptors (Lipinski definition) is 8. The van der Waals surface area contributed by atoms with E-state index in [2.05, 4.69) is 54.4 Å². The molecule has 234 valence electrons. The number of aromatic nitrogens is 4. The third-order valence-electron chi connectivity index (χ3n) is 7.72. The maximum Gasteiger partial charge on any atom is 0.255 e. The third kappa shape index (κ3) is 8.73. The van der Waals surface area contributed by atoms with E-state index in [1.54, 1.807) is 43.8 Å². The van der Waals surface area contributed by atoms with Crippen molar-refractivity contribution in [3.63, 3.8) is 0 Å². The fourth-order valence-corrected chi connectivity index (χ4v) is 4.94. The first-order valence-corrected chi connectivity index (χ1v) is 15.0. The Kier molecular flexibility index (Phi) is 10.5. The van der Waals surface area contributed by atoms with Crippen LogP contribution in [0, 0.1) is 31.5 Å². The van der Waals surface area contributed by atoms with E-state index in [0.29, 0.717) is 47.0 Å². The van der Waals surface area contributed by atoms with Crippen molar-refractivity contribution in [2.45, 2.75) is 33.4 Å². The molecule has 2 aromatic heterocycles. The van der Waals surface area contributed by atoms with Gasteiger partial charge in [0.1, 0.15) is 5.82 Å². The molecular weight excluding hydrogens is 571 g/mol. The van der Waals surface area contributed by atoms with Gasteiger partial charge in [-0.3, -0.25) is 14.4 Å². The highest BCUT2D eigenvalue weighted by atomic mass is 19.1. The SMILES string of the molecule is COCCCn1cc(Nc2ncc(C#Cc3cc(C(=O)Nc4ccc(CN5CCN(C)CC5)c(F)c4)ccc3C)cn2)c(C)n1. The van der Waals surface area contributed by atoms with Gasteiger partial charge in [-0.2, -0.15) is 5.10 Å². The Hall–Kier alpha value is -4.63. The van der Waals surface area contributed by atoms with Gasteiger partial charge >= 0.3 is 0 Å². The Labute approximate surface area is 263 Å². The van der Waals surface area contributed by atoms with Crippen LogP contribution in [0.3, 0.4) is 0 Å². The molecule has 10 nitrogen and oxygen atoms in total. The Morgan fingerprint density at radius 1 is 1.04 bits per heavy atom. The van der Waals surface area contributed by atoms with Crippen LogP contribution in [0.15, 0.2) is 55.0 Å². The topological polar surface area (TPSA) is 100 Å². The minimum atomic E-state index is -0.333. The molecule has 0 unspecified atom stereocenters. The molecule has 2 N–H and O–H groups in total. The van der Waals surface area contributed by atoms with Crippen molar-refractivity contribution in [3.8, 4) is 11.8 Å². The molecule has 1 aliphatic heterocycles. The third-order valence-corrected chi connectivity index (χ3v) is 7.72. The molecule has 2 aromatic carbocycles. The molecule has 11 heteroatoms.